The molecule has 0 radical (unpaired) electrons. The zero-order valence-electron chi connectivity index (χ0n) is 22.3. The number of carbonyl (C=O) groups is 1. The molecule has 0 saturated carbocycles. The number of aromatic nitrogens is 2. The fourth-order valence-corrected chi connectivity index (χ4v) is 4.57. The van der Waals surface area contributed by atoms with Crippen LogP contribution in [0.5, 0.6) is 23.0 Å². The molecule has 206 valence electrons. The number of hydrogen-bond donors (Lipinski definition) is 0. The van der Waals surface area contributed by atoms with E-state index in [9.17, 15) is 9.59 Å². The number of ether oxygens (including phenoxy) is 4. The molecular formula is C31H24BrN3O6. The van der Waals surface area contributed by atoms with Crippen LogP contribution in [0.25, 0.3) is 22.3 Å². The van der Waals surface area contributed by atoms with Crippen LogP contribution in [0.15, 0.2) is 99.3 Å². The van der Waals surface area contributed by atoms with Crippen LogP contribution in [0, 0.1) is 0 Å². The molecule has 1 aromatic heterocycles. The molecule has 0 aliphatic rings. The molecule has 0 aliphatic carbocycles. The van der Waals surface area contributed by atoms with E-state index in [0.29, 0.717) is 44.8 Å². The summed E-state index contributed by atoms with van der Waals surface area (Å²) >= 11 is 3.45. The minimum absolute atomic E-state index is 0.238. The third-order valence-corrected chi connectivity index (χ3v) is 6.67. The van der Waals surface area contributed by atoms with Crippen molar-refractivity contribution in [3.05, 3.63) is 111 Å². The number of hydrogen-bond acceptors (Lipinski definition) is 8. The lowest BCUT2D eigenvalue weighted by Crippen LogP contribution is -2.20. The molecule has 0 atom stereocenters. The zero-order chi connectivity index (χ0) is 28.9. The maximum Gasteiger partial charge on any atom is 0.343 e. The molecule has 0 amide bonds. The predicted molar refractivity (Wildman–Crippen MR) is 160 cm³/mol. The summed E-state index contributed by atoms with van der Waals surface area (Å²) in [4.78, 5) is 31.2. The number of fused-ring (bicyclic) bond motifs is 1. The summed E-state index contributed by atoms with van der Waals surface area (Å²) in [7, 11) is 4.52. The first-order valence-corrected chi connectivity index (χ1v) is 13.2. The van der Waals surface area contributed by atoms with Crippen molar-refractivity contribution >= 4 is 39.0 Å². The molecule has 4 aromatic carbocycles. The summed E-state index contributed by atoms with van der Waals surface area (Å²) in [6.07, 6.45) is 1.44. The molecule has 0 fully saturated rings. The molecule has 0 unspecified atom stereocenters. The first kappa shape index (κ1) is 27.6. The number of esters is 1. The number of benzene rings is 4. The van der Waals surface area contributed by atoms with Gasteiger partial charge in [-0.2, -0.15) is 9.78 Å². The van der Waals surface area contributed by atoms with Crippen LogP contribution in [0.1, 0.15) is 15.9 Å². The maximum atomic E-state index is 13.7. The molecular weight excluding hydrogens is 590 g/mol. The fraction of sp³-hybridized carbons (Fsp3) is 0.0968. The standard InChI is InChI=1S/C31H24BrN3O6/c1-38-26-16-20(17-27(39-2)28(26)40-3)29-34-24-12-8-7-11-23(24)30(36)35(29)33-18-21-15-22(32)13-14-25(21)41-31(37)19-9-5-4-6-10-19/h4-18H,1-3H3. The van der Waals surface area contributed by atoms with Crippen LogP contribution in [0.4, 0.5) is 0 Å². The Bertz CT molecular complexity index is 1810. The van der Waals surface area contributed by atoms with Crippen molar-refractivity contribution < 1.29 is 23.7 Å². The van der Waals surface area contributed by atoms with Crippen molar-refractivity contribution in [2.24, 2.45) is 5.10 Å². The monoisotopic (exact) mass is 613 g/mol. The number of halogens is 1. The largest absolute Gasteiger partial charge is 0.493 e. The molecule has 0 bridgehead atoms. The highest BCUT2D eigenvalue weighted by molar-refractivity contribution is 9.10. The Hall–Kier alpha value is -4.96. The number of methoxy groups -OCH3 is 3. The van der Waals surface area contributed by atoms with Gasteiger partial charge >= 0.3 is 5.97 Å². The molecule has 0 saturated heterocycles. The summed E-state index contributed by atoms with van der Waals surface area (Å²) < 4.78 is 24.1. The van der Waals surface area contributed by atoms with Gasteiger partial charge in [0.1, 0.15) is 5.75 Å². The predicted octanol–water partition coefficient (Wildman–Crippen LogP) is 5.95. The average Bonchev–Trinajstić information content (AvgIpc) is 3.01. The highest BCUT2D eigenvalue weighted by atomic mass is 79.9. The van der Waals surface area contributed by atoms with Gasteiger partial charge in [-0.15, -0.1) is 0 Å². The van der Waals surface area contributed by atoms with Gasteiger partial charge in [-0.1, -0.05) is 46.3 Å². The highest BCUT2D eigenvalue weighted by Gasteiger charge is 2.19. The summed E-state index contributed by atoms with van der Waals surface area (Å²) in [6.45, 7) is 0. The molecule has 0 spiro atoms. The summed E-state index contributed by atoms with van der Waals surface area (Å²) in [5, 5.41) is 4.91. The molecule has 41 heavy (non-hydrogen) atoms. The Morgan fingerprint density at radius 1 is 0.854 bits per heavy atom. The van der Waals surface area contributed by atoms with Gasteiger partial charge in [0.05, 0.1) is 44.0 Å². The van der Waals surface area contributed by atoms with Gasteiger partial charge in [0, 0.05) is 15.6 Å². The number of carbonyl (C=O) groups excluding carboxylic acids is 1. The average molecular weight is 614 g/mol. The topological polar surface area (TPSA) is 101 Å². The van der Waals surface area contributed by atoms with Gasteiger partial charge in [0.2, 0.25) is 5.75 Å². The van der Waals surface area contributed by atoms with Crippen molar-refractivity contribution in [3.63, 3.8) is 0 Å². The second kappa shape index (κ2) is 12.1. The maximum absolute atomic E-state index is 13.7. The van der Waals surface area contributed by atoms with Crippen LogP contribution in [-0.4, -0.2) is 43.2 Å². The van der Waals surface area contributed by atoms with Crippen LogP contribution in [0.3, 0.4) is 0 Å². The third-order valence-electron chi connectivity index (χ3n) is 6.17. The van der Waals surface area contributed by atoms with Crippen molar-refractivity contribution in [2.75, 3.05) is 21.3 Å². The SMILES string of the molecule is COc1cc(-c2nc3ccccc3c(=O)n2N=Cc2cc(Br)ccc2OC(=O)c2ccccc2)cc(OC)c1OC. The smallest absolute Gasteiger partial charge is 0.343 e. The van der Waals surface area contributed by atoms with E-state index in [4.69, 9.17) is 23.9 Å². The van der Waals surface area contributed by atoms with Crippen LogP contribution >= 0.6 is 15.9 Å². The summed E-state index contributed by atoms with van der Waals surface area (Å²) in [5.41, 5.74) is 1.46. The lowest BCUT2D eigenvalue weighted by Gasteiger charge is -2.15. The fourth-order valence-electron chi connectivity index (χ4n) is 4.19. The Morgan fingerprint density at radius 3 is 2.22 bits per heavy atom. The highest BCUT2D eigenvalue weighted by Crippen LogP contribution is 2.41. The number of para-hydroxylation sites is 1. The third kappa shape index (κ3) is 5.68. The normalized spacial score (nSPS) is 11.0. The number of rotatable bonds is 8. The summed E-state index contributed by atoms with van der Waals surface area (Å²) in [6, 6.07) is 24.2. The molecule has 9 nitrogen and oxygen atoms in total. The zero-order valence-corrected chi connectivity index (χ0v) is 23.9. The lowest BCUT2D eigenvalue weighted by molar-refractivity contribution is 0.0734. The first-order chi connectivity index (χ1) is 19.9. The van der Waals surface area contributed by atoms with Gasteiger partial charge in [-0.25, -0.2) is 9.78 Å². The second-order valence-electron chi connectivity index (χ2n) is 8.67. The minimum atomic E-state index is -0.523. The van der Waals surface area contributed by atoms with Crippen LogP contribution in [-0.2, 0) is 0 Å². The molecule has 5 aromatic rings. The Kier molecular flexibility index (Phi) is 8.11. The van der Waals surface area contributed by atoms with E-state index >= 15 is 0 Å². The van der Waals surface area contributed by atoms with Gasteiger partial charge in [-0.05, 0) is 54.6 Å². The van der Waals surface area contributed by atoms with E-state index < -0.39 is 11.5 Å². The van der Waals surface area contributed by atoms with E-state index in [0.717, 1.165) is 4.47 Å². The van der Waals surface area contributed by atoms with E-state index in [1.165, 1.54) is 32.2 Å². The van der Waals surface area contributed by atoms with Crippen molar-refractivity contribution in [1.29, 1.82) is 0 Å². The Morgan fingerprint density at radius 2 is 1.54 bits per heavy atom. The number of nitrogens with zero attached hydrogens (tertiary/aromatic N) is 3. The second-order valence-corrected chi connectivity index (χ2v) is 9.58. The molecule has 0 N–H and O–H groups in total. The van der Waals surface area contributed by atoms with Crippen molar-refractivity contribution in [2.45, 2.75) is 0 Å². The van der Waals surface area contributed by atoms with Gasteiger partial charge in [-0.3, -0.25) is 4.79 Å². The minimum Gasteiger partial charge on any atom is -0.493 e. The van der Waals surface area contributed by atoms with Gasteiger partial charge < -0.3 is 18.9 Å². The van der Waals surface area contributed by atoms with E-state index in [1.807, 2.05) is 6.07 Å². The van der Waals surface area contributed by atoms with Crippen LogP contribution in [0.2, 0.25) is 0 Å². The summed E-state index contributed by atoms with van der Waals surface area (Å²) in [5.74, 6) is 1.16. The van der Waals surface area contributed by atoms with E-state index in [1.54, 1.807) is 78.9 Å². The molecule has 10 heteroatoms. The first-order valence-electron chi connectivity index (χ1n) is 12.4. The van der Waals surface area contributed by atoms with Gasteiger partial charge in [0.25, 0.3) is 5.56 Å². The van der Waals surface area contributed by atoms with Crippen molar-refractivity contribution in [1.82, 2.24) is 9.66 Å². The molecule has 1 heterocycles. The lowest BCUT2D eigenvalue weighted by atomic mass is 10.1. The van der Waals surface area contributed by atoms with E-state index in [2.05, 4.69) is 21.0 Å². The molecule has 0 aliphatic heterocycles. The Balaban J connectivity index is 1.66. The van der Waals surface area contributed by atoms with E-state index in [-0.39, 0.29) is 11.6 Å². The Labute approximate surface area is 243 Å². The van der Waals surface area contributed by atoms with Gasteiger partial charge in [0.15, 0.2) is 17.3 Å². The van der Waals surface area contributed by atoms with Crippen molar-refractivity contribution in [3.8, 4) is 34.4 Å². The molecule has 5 rings (SSSR count). The quantitative estimate of drug-likeness (QED) is 0.121. The van der Waals surface area contributed by atoms with Crippen LogP contribution < -0.4 is 24.5 Å².